The van der Waals surface area contributed by atoms with Gasteiger partial charge in [0.1, 0.15) is 23.4 Å². The van der Waals surface area contributed by atoms with Crippen molar-refractivity contribution in [3.63, 3.8) is 0 Å². The van der Waals surface area contributed by atoms with E-state index in [1.165, 1.54) is 0 Å². The lowest BCUT2D eigenvalue weighted by molar-refractivity contribution is 0.102. The lowest BCUT2D eigenvalue weighted by Gasteiger charge is -2.29. The Morgan fingerprint density at radius 1 is 1.09 bits per heavy atom. The first kappa shape index (κ1) is 21.0. The summed E-state index contributed by atoms with van der Waals surface area (Å²) in [6.07, 6.45) is 7.36. The quantitative estimate of drug-likeness (QED) is 0.506. The van der Waals surface area contributed by atoms with Crippen LogP contribution in [0.1, 0.15) is 23.2 Å². The molecule has 1 aliphatic heterocycles. The number of ether oxygens (including phenoxy) is 1. The number of carbonyl (C=O) groups excluding carboxylic acids is 1. The first-order valence-corrected chi connectivity index (χ1v) is 10.9. The summed E-state index contributed by atoms with van der Waals surface area (Å²) in [7, 11) is 3.94. The first-order valence-electron chi connectivity index (χ1n) is 10.9. The van der Waals surface area contributed by atoms with Gasteiger partial charge in [0.15, 0.2) is 0 Å². The highest BCUT2D eigenvalue weighted by Gasteiger charge is 2.18. The Morgan fingerprint density at radius 2 is 1.94 bits per heavy atom. The summed E-state index contributed by atoms with van der Waals surface area (Å²) in [6, 6.07) is 11.0. The van der Waals surface area contributed by atoms with E-state index < -0.39 is 0 Å². The molecule has 0 saturated carbocycles. The van der Waals surface area contributed by atoms with Crippen molar-refractivity contribution in [3.05, 3.63) is 60.6 Å². The number of nitrogens with one attached hydrogen (secondary N) is 1. The van der Waals surface area contributed by atoms with Gasteiger partial charge in [0.05, 0.1) is 17.9 Å². The largest absolute Gasteiger partial charge is 0.490 e. The van der Waals surface area contributed by atoms with Gasteiger partial charge in [0, 0.05) is 42.8 Å². The molecule has 1 saturated heterocycles. The number of piperidine rings is 1. The van der Waals surface area contributed by atoms with Gasteiger partial charge < -0.3 is 15.0 Å². The van der Waals surface area contributed by atoms with E-state index in [9.17, 15) is 4.79 Å². The molecule has 3 aromatic heterocycles. The van der Waals surface area contributed by atoms with Crippen LogP contribution >= 0.6 is 0 Å². The van der Waals surface area contributed by atoms with Crippen LogP contribution < -0.4 is 10.1 Å². The molecule has 33 heavy (non-hydrogen) atoms. The third-order valence-corrected chi connectivity index (χ3v) is 5.77. The standard InChI is InChI=1S/C24H25N7O2/c1-30-8-6-19(7-9-30)33-20-5-3-4-16(11-20)24(32)27-23-12-17-10-18(13-25-21(17)14-26-23)22-15-31(2)29-28-22/h3-5,10-15,19H,6-9H2,1-2H3,(H,26,27,32). The second-order valence-electron chi connectivity index (χ2n) is 8.37. The lowest BCUT2D eigenvalue weighted by atomic mass is 10.1. The van der Waals surface area contributed by atoms with Crippen molar-refractivity contribution >= 4 is 22.6 Å². The zero-order valence-corrected chi connectivity index (χ0v) is 18.6. The summed E-state index contributed by atoms with van der Waals surface area (Å²) in [6.45, 7) is 2.04. The van der Waals surface area contributed by atoms with Crippen LogP contribution in [-0.4, -0.2) is 62.0 Å². The molecule has 0 aliphatic carbocycles. The van der Waals surface area contributed by atoms with Gasteiger partial charge in [-0.2, -0.15) is 0 Å². The van der Waals surface area contributed by atoms with Gasteiger partial charge in [-0.15, -0.1) is 5.10 Å². The van der Waals surface area contributed by atoms with Gasteiger partial charge in [0.25, 0.3) is 5.91 Å². The molecule has 0 spiro atoms. The van der Waals surface area contributed by atoms with Gasteiger partial charge in [-0.05, 0) is 50.2 Å². The molecule has 9 nitrogen and oxygen atoms in total. The van der Waals surface area contributed by atoms with E-state index in [1.807, 2.05) is 31.4 Å². The normalized spacial score (nSPS) is 15.0. The molecule has 0 unspecified atom stereocenters. The molecular weight excluding hydrogens is 418 g/mol. The molecule has 1 aromatic carbocycles. The highest BCUT2D eigenvalue weighted by Crippen LogP contribution is 2.23. The number of fused-ring (bicyclic) bond motifs is 1. The summed E-state index contributed by atoms with van der Waals surface area (Å²) >= 11 is 0. The zero-order chi connectivity index (χ0) is 22.8. The molecule has 0 bridgehead atoms. The van der Waals surface area contributed by atoms with Gasteiger partial charge in [-0.3, -0.25) is 14.5 Å². The summed E-state index contributed by atoms with van der Waals surface area (Å²) in [5, 5.41) is 11.8. The van der Waals surface area contributed by atoms with Crippen LogP contribution in [0.25, 0.3) is 22.2 Å². The maximum atomic E-state index is 12.9. The summed E-state index contributed by atoms with van der Waals surface area (Å²) in [5.41, 5.74) is 2.83. The topological polar surface area (TPSA) is 98.1 Å². The Balaban J connectivity index is 1.31. The molecule has 4 aromatic rings. The van der Waals surface area contributed by atoms with Crippen molar-refractivity contribution < 1.29 is 9.53 Å². The fourth-order valence-corrected chi connectivity index (χ4v) is 3.91. The average molecular weight is 444 g/mol. The van der Waals surface area contributed by atoms with Crippen molar-refractivity contribution in [1.29, 1.82) is 0 Å². The van der Waals surface area contributed by atoms with Crippen molar-refractivity contribution in [1.82, 2.24) is 29.9 Å². The van der Waals surface area contributed by atoms with Gasteiger partial charge in [-0.25, -0.2) is 4.98 Å². The number of amides is 1. The van der Waals surface area contributed by atoms with Crippen LogP contribution in [0.5, 0.6) is 5.75 Å². The van der Waals surface area contributed by atoms with Crippen molar-refractivity contribution in [2.75, 3.05) is 25.5 Å². The highest BCUT2D eigenvalue weighted by molar-refractivity contribution is 6.04. The molecule has 1 amide bonds. The monoisotopic (exact) mass is 443 g/mol. The van der Waals surface area contributed by atoms with E-state index >= 15 is 0 Å². The number of hydrogen-bond acceptors (Lipinski definition) is 7. The average Bonchev–Trinajstić information content (AvgIpc) is 3.26. The predicted octanol–water partition coefficient (Wildman–Crippen LogP) is 3.15. The van der Waals surface area contributed by atoms with Crippen molar-refractivity contribution in [3.8, 4) is 17.0 Å². The maximum Gasteiger partial charge on any atom is 0.256 e. The fraction of sp³-hybridized carbons (Fsp3) is 0.292. The van der Waals surface area contributed by atoms with Gasteiger partial charge >= 0.3 is 0 Å². The van der Waals surface area contributed by atoms with E-state index in [0.29, 0.717) is 17.1 Å². The molecule has 1 fully saturated rings. The molecule has 0 radical (unpaired) electrons. The molecule has 5 rings (SSSR count). The molecule has 9 heteroatoms. The molecule has 0 atom stereocenters. The van der Waals surface area contributed by atoms with E-state index in [2.05, 4.69) is 37.5 Å². The van der Waals surface area contributed by atoms with Crippen LogP contribution in [-0.2, 0) is 7.05 Å². The molecular formula is C24H25N7O2. The molecule has 1 N–H and O–H groups in total. The summed E-state index contributed by atoms with van der Waals surface area (Å²) in [4.78, 5) is 24.0. The molecule has 4 heterocycles. The Morgan fingerprint density at radius 3 is 2.73 bits per heavy atom. The zero-order valence-electron chi connectivity index (χ0n) is 18.6. The molecule has 168 valence electrons. The van der Waals surface area contributed by atoms with Crippen LogP contribution in [0, 0.1) is 0 Å². The highest BCUT2D eigenvalue weighted by atomic mass is 16.5. The minimum absolute atomic E-state index is 0.178. The Kier molecular flexibility index (Phi) is 5.70. The Labute approximate surface area is 191 Å². The second kappa shape index (κ2) is 8.95. The van der Waals surface area contributed by atoms with Crippen LogP contribution in [0.15, 0.2) is 55.0 Å². The summed E-state index contributed by atoms with van der Waals surface area (Å²) in [5.74, 6) is 0.919. The van der Waals surface area contributed by atoms with Crippen LogP contribution in [0.4, 0.5) is 5.82 Å². The number of benzene rings is 1. The molecule has 1 aliphatic rings. The third kappa shape index (κ3) is 4.83. The Hall–Kier alpha value is -3.85. The number of hydrogen-bond donors (Lipinski definition) is 1. The lowest BCUT2D eigenvalue weighted by Crippen LogP contribution is -2.35. The Bertz CT molecular complexity index is 1290. The van der Waals surface area contributed by atoms with E-state index in [0.717, 1.165) is 48.1 Å². The minimum Gasteiger partial charge on any atom is -0.490 e. The third-order valence-electron chi connectivity index (χ3n) is 5.77. The van der Waals surface area contributed by atoms with Gasteiger partial charge in [0.2, 0.25) is 0 Å². The van der Waals surface area contributed by atoms with E-state index in [1.54, 1.807) is 35.3 Å². The number of rotatable bonds is 5. The number of anilines is 1. The van der Waals surface area contributed by atoms with E-state index in [-0.39, 0.29) is 12.0 Å². The SMILES string of the molecule is CN1CCC(Oc2cccc(C(=O)Nc3cc4cc(-c5cn(C)nn5)cnc4cn3)c2)CC1. The number of aromatic nitrogens is 5. The second-order valence-corrected chi connectivity index (χ2v) is 8.37. The van der Waals surface area contributed by atoms with Crippen molar-refractivity contribution in [2.45, 2.75) is 18.9 Å². The maximum absolute atomic E-state index is 12.9. The number of pyridine rings is 2. The smallest absolute Gasteiger partial charge is 0.256 e. The summed E-state index contributed by atoms with van der Waals surface area (Å²) < 4.78 is 7.76. The fourth-order valence-electron chi connectivity index (χ4n) is 3.91. The van der Waals surface area contributed by atoms with Gasteiger partial charge in [-0.1, -0.05) is 11.3 Å². The number of likely N-dealkylation sites (tertiary alicyclic amines) is 1. The minimum atomic E-state index is -0.242. The van der Waals surface area contributed by atoms with Crippen LogP contribution in [0.2, 0.25) is 0 Å². The predicted molar refractivity (Wildman–Crippen MR) is 125 cm³/mol. The first-order chi connectivity index (χ1) is 16.0. The van der Waals surface area contributed by atoms with E-state index in [4.69, 9.17) is 4.74 Å². The van der Waals surface area contributed by atoms with Crippen molar-refractivity contribution in [2.24, 2.45) is 7.05 Å². The number of aryl methyl sites for hydroxylation is 1. The number of carbonyl (C=O) groups is 1. The van der Waals surface area contributed by atoms with Crippen LogP contribution in [0.3, 0.4) is 0 Å². The number of nitrogens with zero attached hydrogens (tertiary/aromatic N) is 6.